The zero-order chi connectivity index (χ0) is 14.5. The number of nitrogen functional groups attached to an aromatic ring is 1. The molecule has 0 atom stereocenters. The molecule has 0 saturated carbocycles. The summed E-state index contributed by atoms with van der Waals surface area (Å²) in [5.74, 6) is 1.51. The summed E-state index contributed by atoms with van der Waals surface area (Å²) >= 11 is 0. The highest BCUT2D eigenvalue weighted by Crippen LogP contribution is 2.22. The minimum Gasteiger partial charge on any atom is -0.490 e. The molecule has 1 aromatic heterocycles. The van der Waals surface area contributed by atoms with Crippen LogP contribution >= 0.6 is 0 Å². The minimum absolute atomic E-state index is 0.449. The molecule has 0 aliphatic rings. The Labute approximate surface area is 123 Å². The Kier molecular flexibility index (Phi) is 3.87. The van der Waals surface area contributed by atoms with Crippen molar-refractivity contribution in [1.29, 1.82) is 0 Å². The molecule has 0 aliphatic carbocycles. The number of nitrogens with two attached hydrogens (primary N) is 1. The Morgan fingerprint density at radius 2 is 1.71 bits per heavy atom. The summed E-state index contributed by atoms with van der Waals surface area (Å²) in [5, 5.41) is 1.06. The fourth-order valence-corrected chi connectivity index (χ4v) is 2.11. The van der Waals surface area contributed by atoms with Gasteiger partial charge in [-0.2, -0.15) is 0 Å². The van der Waals surface area contributed by atoms with Gasteiger partial charge >= 0.3 is 0 Å². The first-order valence-corrected chi connectivity index (χ1v) is 6.78. The summed E-state index contributed by atoms with van der Waals surface area (Å²) in [6, 6.07) is 17.2. The highest BCUT2D eigenvalue weighted by Gasteiger charge is 2.02. The summed E-state index contributed by atoms with van der Waals surface area (Å²) in [6.45, 7) is 0.900. The lowest BCUT2D eigenvalue weighted by molar-refractivity contribution is 0.218. The number of pyridine rings is 1. The van der Waals surface area contributed by atoms with Gasteiger partial charge in [0.2, 0.25) is 0 Å². The molecule has 0 fully saturated rings. The molecule has 0 amide bonds. The second-order valence-corrected chi connectivity index (χ2v) is 4.60. The van der Waals surface area contributed by atoms with Gasteiger partial charge in [-0.1, -0.05) is 24.3 Å². The van der Waals surface area contributed by atoms with Gasteiger partial charge in [-0.25, -0.2) is 0 Å². The zero-order valence-electron chi connectivity index (χ0n) is 11.5. The van der Waals surface area contributed by atoms with Gasteiger partial charge < -0.3 is 15.2 Å². The van der Waals surface area contributed by atoms with Crippen LogP contribution in [0.1, 0.15) is 0 Å². The maximum Gasteiger partial charge on any atom is 0.145 e. The predicted octanol–water partition coefficient (Wildman–Crippen LogP) is 3.27. The fraction of sp³-hybridized carbons (Fsp3) is 0.118. The summed E-state index contributed by atoms with van der Waals surface area (Å²) in [6.07, 6.45) is 1.76. The predicted molar refractivity (Wildman–Crippen MR) is 83.6 cm³/mol. The van der Waals surface area contributed by atoms with Crippen molar-refractivity contribution in [3.8, 4) is 11.5 Å². The Morgan fingerprint density at radius 3 is 2.62 bits per heavy atom. The maximum atomic E-state index is 5.75. The molecule has 2 N–H and O–H groups in total. The number of fused-ring (bicyclic) bond motifs is 1. The van der Waals surface area contributed by atoms with Crippen molar-refractivity contribution in [2.75, 3.05) is 18.9 Å². The van der Waals surface area contributed by atoms with Crippen LogP contribution in [0.15, 0.2) is 60.8 Å². The number of ether oxygens (including phenoxy) is 2. The molecule has 4 nitrogen and oxygen atoms in total. The van der Waals surface area contributed by atoms with E-state index in [4.69, 9.17) is 15.2 Å². The third-order valence-corrected chi connectivity index (χ3v) is 3.06. The average Bonchev–Trinajstić information content (AvgIpc) is 2.52. The molecule has 1 heterocycles. The lowest BCUT2D eigenvalue weighted by Gasteiger charge is -2.10. The van der Waals surface area contributed by atoms with E-state index in [0.29, 0.717) is 18.9 Å². The van der Waals surface area contributed by atoms with E-state index in [9.17, 15) is 0 Å². The molecule has 0 saturated heterocycles. The Morgan fingerprint density at radius 1 is 0.905 bits per heavy atom. The molecule has 106 valence electrons. The van der Waals surface area contributed by atoms with Crippen molar-refractivity contribution in [1.82, 2.24) is 4.98 Å². The van der Waals surface area contributed by atoms with Gasteiger partial charge in [0.05, 0.1) is 0 Å². The highest BCUT2D eigenvalue weighted by atomic mass is 16.5. The topological polar surface area (TPSA) is 57.4 Å². The molecule has 3 rings (SSSR count). The third kappa shape index (κ3) is 3.23. The summed E-state index contributed by atoms with van der Waals surface area (Å²) in [7, 11) is 0. The fourth-order valence-electron chi connectivity index (χ4n) is 2.11. The zero-order valence-corrected chi connectivity index (χ0v) is 11.5. The van der Waals surface area contributed by atoms with Crippen molar-refractivity contribution in [2.45, 2.75) is 0 Å². The van der Waals surface area contributed by atoms with Gasteiger partial charge in [0, 0.05) is 23.3 Å². The molecule has 4 heteroatoms. The number of benzene rings is 2. The van der Waals surface area contributed by atoms with Crippen molar-refractivity contribution in [3.63, 3.8) is 0 Å². The summed E-state index contributed by atoms with van der Waals surface area (Å²) in [5.41, 5.74) is 7.25. The first-order valence-electron chi connectivity index (χ1n) is 6.78. The normalized spacial score (nSPS) is 10.5. The van der Waals surface area contributed by atoms with Gasteiger partial charge in [0.1, 0.15) is 30.2 Å². The van der Waals surface area contributed by atoms with Crippen LogP contribution in [-0.4, -0.2) is 18.2 Å². The standard InChI is InChI=1S/C17H16N2O2/c18-14-6-2-7-15(12-14)20-10-11-21-16-8-1-4-13-5-3-9-19-17(13)16/h1-9,12H,10-11,18H2. The van der Waals surface area contributed by atoms with Crippen molar-refractivity contribution < 1.29 is 9.47 Å². The van der Waals surface area contributed by atoms with E-state index in [0.717, 1.165) is 22.4 Å². The van der Waals surface area contributed by atoms with E-state index in [1.807, 2.05) is 48.5 Å². The molecule has 2 aromatic carbocycles. The van der Waals surface area contributed by atoms with E-state index < -0.39 is 0 Å². The molecular formula is C17H16N2O2. The number of anilines is 1. The van der Waals surface area contributed by atoms with Crippen molar-refractivity contribution in [3.05, 3.63) is 60.8 Å². The smallest absolute Gasteiger partial charge is 0.145 e. The third-order valence-electron chi connectivity index (χ3n) is 3.06. The van der Waals surface area contributed by atoms with Gasteiger partial charge in [-0.15, -0.1) is 0 Å². The van der Waals surface area contributed by atoms with Crippen LogP contribution in [0, 0.1) is 0 Å². The van der Waals surface area contributed by atoms with E-state index in [-0.39, 0.29) is 0 Å². The lowest BCUT2D eigenvalue weighted by atomic mass is 10.2. The molecule has 0 unspecified atom stereocenters. The molecule has 0 bridgehead atoms. The van der Waals surface area contributed by atoms with Crippen LogP contribution in [-0.2, 0) is 0 Å². The van der Waals surface area contributed by atoms with E-state index >= 15 is 0 Å². The van der Waals surface area contributed by atoms with E-state index in [2.05, 4.69) is 4.98 Å². The Balaban J connectivity index is 1.60. The number of para-hydroxylation sites is 1. The summed E-state index contributed by atoms with van der Waals surface area (Å²) < 4.78 is 11.3. The number of nitrogens with zero attached hydrogens (tertiary/aromatic N) is 1. The summed E-state index contributed by atoms with van der Waals surface area (Å²) in [4.78, 5) is 4.35. The van der Waals surface area contributed by atoms with Crippen LogP contribution in [0.3, 0.4) is 0 Å². The Bertz CT molecular complexity index is 738. The van der Waals surface area contributed by atoms with E-state index in [1.54, 1.807) is 12.3 Å². The molecule has 0 radical (unpaired) electrons. The van der Waals surface area contributed by atoms with Gasteiger partial charge in [-0.3, -0.25) is 4.98 Å². The van der Waals surface area contributed by atoms with Crippen LogP contribution in [0.5, 0.6) is 11.5 Å². The molecular weight excluding hydrogens is 264 g/mol. The average molecular weight is 280 g/mol. The quantitative estimate of drug-likeness (QED) is 0.575. The minimum atomic E-state index is 0.449. The van der Waals surface area contributed by atoms with Crippen LogP contribution in [0.2, 0.25) is 0 Å². The van der Waals surface area contributed by atoms with Crippen LogP contribution < -0.4 is 15.2 Å². The van der Waals surface area contributed by atoms with Crippen molar-refractivity contribution in [2.24, 2.45) is 0 Å². The Hall–Kier alpha value is -2.75. The monoisotopic (exact) mass is 280 g/mol. The SMILES string of the molecule is Nc1cccc(OCCOc2cccc3cccnc23)c1. The van der Waals surface area contributed by atoms with Gasteiger partial charge in [-0.05, 0) is 24.3 Å². The van der Waals surface area contributed by atoms with Crippen LogP contribution in [0.25, 0.3) is 10.9 Å². The second kappa shape index (κ2) is 6.13. The highest BCUT2D eigenvalue weighted by molar-refractivity contribution is 5.84. The molecule has 0 spiro atoms. The first-order chi connectivity index (χ1) is 10.3. The number of hydrogen-bond donors (Lipinski definition) is 1. The molecule has 0 aliphatic heterocycles. The second-order valence-electron chi connectivity index (χ2n) is 4.60. The maximum absolute atomic E-state index is 5.75. The molecule has 3 aromatic rings. The number of hydrogen-bond acceptors (Lipinski definition) is 4. The largest absolute Gasteiger partial charge is 0.490 e. The van der Waals surface area contributed by atoms with Gasteiger partial charge in [0.25, 0.3) is 0 Å². The van der Waals surface area contributed by atoms with Crippen molar-refractivity contribution >= 4 is 16.6 Å². The first kappa shape index (κ1) is 13.2. The lowest BCUT2D eigenvalue weighted by Crippen LogP contribution is -2.09. The van der Waals surface area contributed by atoms with Gasteiger partial charge in [0.15, 0.2) is 0 Å². The molecule has 21 heavy (non-hydrogen) atoms. The number of aromatic nitrogens is 1. The number of rotatable bonds is 5. The van der Waals surface area contributed by atoms with E-state index in [1.165, 1.54) is 0 Å². The van der Waals surface area contributed by atoms with Crippen LogP contribution in [0.4, 0.5) is 5.69 Å².